The molecule has 0 spiro atoms. The van der Waals surface area contributed by atoms with Gasteiger partial charge in [-0.2, -0.15) is 26.3 Å². The minimum absolute atomic E-state index is 0.424. The van der Waals surface area contributed by atoms with Gasteiger partial charge in [-0.1, -0.05) is 26.8 Å². The van der Waals surface area contributed by atoms with Gasteiger partial charge in [0.2, 0.25) is 0 Å². The smallest absolute Gasteiger partial charge is 0.160 e. The molecular weight excluding hydrogens is 322 g/mol. The zero-order valence-electron chi connectivity index (χ0n) is 10.8. The van der Waals surface area contributed by atoms with Gasteiger partial charge < -0.3 is 0 Å². The summed E-state index contributed by atoms with van der Waals surface area (Å²) in [5.41, 5.74) is -9.14. The fraction of sp³-hybridized carbons (Fsp3) is 0.500. The van der Waals surface area contributed by atoms with Gasteiger partial charge in [-0.15, -0.1) is 0 Å². The molecule has 0 aliphatic carbocycles. The van der Waals surface area contributed by atoms with Crippen LogP contribution in [-0.2, 0) is 5.41 Å². The topological polar surface area (TPSA) is 0 Å². The van der Waals surface area contributed by atoms with Gasteiger partial charge in [-0.05, 0) is 46.6 Å². The van der Waals surface area contributed by atoms with Crippen molar-refractivity contribution in [2.24, 2.45) is 0 Å². The van der Waals surface area contributed by atoms with Gasteiger partial charge in [0, 0.05) is 9.79 Å². The second-order valence-corrected chi connectivity index (χ2v) is 7.22. The third-order valence-electron chi connectivity index (χ3n) is 2.26. The number of hydrogen-bond acceptors (Lipinski definition) is 2. The molecular formula is C12H12F6S2. The second kappa shape index (κ2) is 5.71. The lowest BCUT2D eigenvalue weighted by molar-refractivity contribution is -0.0346. The minimum Gasteiger partial charge on any atom is -0.160 e. The molecule has 0 saturated carbocycles. The maximum absolute atomic E-state index is 12.5. The van der Waals surface area contributed by atoms with E-state index in [1.807, 2.05) is 0 Å². The monoisotopic (exact) mass is 334 g/mol. The highest BCUT2D eigenvalue weighted by atomic mass is 32.2. The largest absolute Gasteiger partial charge is 0.446 e. The highest BCUT2D eigenvalue weighted by molar-refractivity contribution is 8.03. The Morgan fingerprint density at radius 3 is 1.60 bits per heavy atom. The molecule has 0 aromatic heterocycles. The maximum Gasteiger partial charge on any atom is 0.446 e. The molecule has 0 fully saturated rings. The van der Waals surface area contributed by atoms with Crippen LogP contribution in [0.1, 0.15) is 26.3 Å². The Morgan fingerprint density at radius 1 is 0.750 bits per heavy atom. The standard InChI is InChI=1S/C12H12F6S2/c1-10(2,3)7-4-5-8(19-11(13,14)15)9(6-7)20-12(16,17)18/h4-6H,1-3H3. The molecule has 0 radical (unpaired) electrons. The number of rotatable bonds is 2. The maximum atomic E-state index is 12.5. The van der Waals surface area contributed by atoms with Crippen LogP contribution in [0.3, 0.4) is 0 Å². The molecule has 0 nitrogen and oxygen atoms in total. The Labute approximate surface area is 121 Å². The molecule has 0 heterocycles. The van der Waals surface area contributed by atoms with Crippen LogP contribution in [-0.4, -0.2) is 11.0 Å². The van der Waals surface area contributed by atoms with Crippen LogP contribution >= 0.6 is 23.5 Å². The quantitative estimate of drug-likeness (QED) is 0.466. The molecule has 1 aromatic carbocycles. The van der Waals surface area contributed by atoms with Crippen molar-refractivity contribution in [1.82, 2.24) is 0 Å². The molecule has 0 saturated heterocycles. The van der Waals surface area contributed by atoms with Gasteiger partial charge >= 0.3 is 11.0 Å². The van der Waals surface area contributed by atoms with Crippen molar-refractivity contribution < 1.29 is 26.3 Å². The van der Waals surface area contributed by atoms with Crippen LogP contribution in [0.2, 0.25) is 0 Å². The number of halogens is 6. The molecule has 114 valence electrons. The molecule has 0 aliphatic heterocycles. The number of alkyl halides is 6. The Hall–Kier alpha value is -0.500. The molecule has 1 aromatic rings. The van der Waals surface area contributed by atoms with Crippen molar-refractivity contribution in [3.05, 3.63) is 23.8 Å². The second-order valence-electron chi connectivity index (χ2n) is 5.01. The van der Waals surface area contributed by atoms with Crippen molar-refractivity contribution >= 4 is 23.5 Å². The predicted molar refractivity (Wildman–Crippen MR) is 69.0 cm³/mol. The molecule has 0 N–H and O–H groups in total. The summed E-state index contributed by atoms with van der Waals surface area (Å²) in [6.45, 7) is 5.34. The average Bonchev–Trinajstić information content (AvgIpc) is 2.14. The summed E-state index contributed by atoms with van der Waals surface area (Å²) in [6, 6.07) is 3.69. The van der Waals surface area contributed by atoms with Crippen molar-refractivity contribution in [2.75, 3.05) is 0 Å². The molecule has 0 amide bonds. The Kier molecular flexibility index (Phi) is 5.01. The van der Waals surface area contributed by atoms with E-state index in [1.165, 1.54) is 12.1 Å². The predicted octanol–water partition coefficient (Wildman–Crippen LogP) is 6.21. The Balaban J connectivity index is 3.23. The van der Waals surface area contributed by atoms with Crippen LogP contribution in [0.5, 0.6) is 0 Å². The third-order valence-corrected chi connectivity index (χ3v) is 3.99. The molecule has 0 aliphatic rings. The van der Waals surface area contributed by atoms with Crippen LogP contribution in [0.25, 0.3) is 0 Å². The van der Waals surface area contributed by atoms with E-state index < -0.39 is 49.7 Å². The molecule has 1 rings (SSSR count). The van der Waals surface area contributed by atoms with Gasteiger partial charge in [-0.3, -0.25) is 0 Å². The first kappa shape index (κ1) is 17.6. The summed E-state index contributed by atoms with van der Waals surface area (Å²) in [5.74, 6) is 0. The summed E-state index contributed by atoms with van der Waals surface area (Å²) >= 11 is -1.06. The number of hydrogen-bond donors (Lipinski definition) is 0. The first-order valence-corrected chi connectivity index (χ1v) is 7.07. The molecule has 8 heteroatoms. The first-order valence-electron chi connectivity index (χ1n) is 5.44. The van der Waals surface area contributed by atoms with Crippen molar-refractivity contribution in [3.8, 4) is 0 Å². The van der Waals surface area contributed by atoms with Gasteiger partial charge in [0.05, 0.1) is 0 Å². The van der Waals surface area contributed by atoms with E-state index in [9.17, 15) is 26.3 Å². The highest BCUT2D eigenvalue weighted by Crippen LogP contribution is 2.47. The van der Waals surface area contributed by atoms with E-state index in [-0.39, 0.29) is 0 Å². The highest BCUT2D eigenvalue weighted by Gasteiger charge is 2.35. The Bertz CT molecular complexity index is 470. The Morgan fingerprint density at radius 2 is 1.20 bits per heavy atom. The summed E-state index contributed by atoms with van der Waals surface area (Å²) in [6.07, 6.45) is 0. The lowest BCUT2D eigenvalue weighted by Crippen LogP contribution is -2.12. The zero-order chi connectivity index (χ0) is 15.8. The van der Waals surface area contributed by atoms with E-state index in [0.717, 1.165) is 6.07 Å². The van der Waals surface area contributed by atoms with Crippen LogP contribution in [0.4, 0.5) is 26.3 Å². The van der Waals surface area contributed by atoms with Crippen LogP contribution < -0.4 is 0 Å². The molecule has 20 heavy (non-hydrogen) atoms. The lowest BCUT2D eigenvalue weighted by atomic mass is 9.87. The summed E-state index contributed by atoms with van der Waals surface area (Å²) in [4.78, 5) is -0.861. The molecule has 0 bridgehead atoms. The van der Waals surface area contributed by atoms with Crippen LogP contribution in [0, 0.1) is 0 Å². The molecule has 0 unspecified atom stereocenters. The van der Waals surface area contributed by atoms with Gasteiger partial charge in [0.15, 0.2) is 0 Å². The van der Waals surface area contributed by atoms with E-state index in [2.05, 4.69) is 0 Å². The zero-order valence-corrected chi connectivity index (χ0v) is 12.4. The van der Waals surface area contributed by atoms with E-state index >= 15 is 0 Å². The lowest BCUT2D eigenvalue weighted by Gasteiger charge is -2.21. The number of benzene rings is 1. The average molecular weight is 334 g/mol. The fourth-order valence-corrected chi connectivity index (χ4v) is 2.79. The first-order chi connectivity index (χ1) is 8.78. The number of thioether (sulfide) groups is 2. The SMILES string of the molecule is CC(C)(C)c1ccc(SC(F)(F)F)c(SC(F)(F)F)c1. The van der Waals surface area contributed by atoms with Crippen molar-refractivity contribution in [1.29, 1.82) is 0 Å². The summed E-state index contributed by atoms with van der Waals surface area (Å²) < 4.78 is 74.4. The van der Waals surface area contributed by atoms with Gasteiger partial charge in [0.25, 0.3) is 0 Å². The van der Waals surface area contributed by atoms with Crippen molar-refractivity contribution in [3.63, 3.8) is 0 Å². The van der Waals surface area contributed by atoms with Gasteiger partial charge in [-0.25, -0.2) is 0 Å². The summed E-state index contributed by atoms with van der Waals surface area (Å²) in [7, 11) is 0. The fourth-order valence-electron chi connectivity index (χ4n) is 1.39. The van der Waals surface area contributed by atoms with Gasteiger partial charge in [0.1, 0.15) is 0 Å². The molecule has 0 atom stereocenters. The summed E-state index contributed by atoms with van der Waals surface area (Å²) in [5, 5.41) is 0. The van der Waals surface area contributed by atoms with Crippen molar-refractivity contribution in [2.45, 2.75) is 47.0 Å². The minimum atomic E-state index is -4.63. The van der Waals surface area contributed by atoms with Crippen LogP contribution in [0.15, 0.2) is 28.0 Å². The third kappa shape index (κ3) is 5.87. The van der Waals surface area contributed by atoms with E-state index in [4.69, 9.17) is 0 Å². The van der Waals surface area contributed by atoms with E-state index in [0.29, 0.717) is 5.56 Å². The van der Waals surface area contributed by atoms with E-state index in [1.54, 1.807) is 20.8 Å². The normalized spacial score (nSPS) is 13.7.